The van der Waals surface area contributed by atoms with Crippen LogP contribution in [0.3, 0.4) is 0 Å². The van der Waals surface area contributed by atoms with E-state index in [0.717, 1.165) is 11.3 Å². The van der Waals surface area contributed by atoms with E-state index in [0.29, 0.717) is 18.7 Å². The monoisotopic (exact) mass is 332 g/mol. The number of aromatic nitrogens is 2. The second kappa shape index (κ2) is 7.72. The molecule has 24 heavy (non-hydrogen) atoms. The van der Waals surface area contributed by atoms with Gasteiger partial charge in [-0.25, -0.2) is 4.39 Å². The summed E-state index contributed by atoms with van der Waals surface area (Å²) in [5.74, 6) is -1.27. The SMILES string of the molecule is Cc1cc(NC(=O)C(=O)N[C@@H](C)CCc2cccc(F)c2)n(C)n1. The number of hydrogen-bond acceptors (Lipinski definition) is 3. The molecule has 0 bridgehead atoms. The van der Waals surface area contributed by atoms with Gasteiger partial charge in [-0.15, -0.1) is 0 Å². The third-order valence-electron chi connectivity index (χ3n) is 3.58. The summed E-state index contributed by atoms with van der Waals surface area (Å²) in [5, 5.41) is 9.25. The molecule has 128 valence electrons. The summed E-state index contributed by atoms with van der Waals surface area (Å²) in [7, 11) is 1.68. The zero-order chi connectivity index (χ0) is 17.7. The van der Waals surface area contributed by atoms with Gasteiger partial charge >= 0.3 is 11.8 Å². The van der Waals surface area contributed by atoms with Crippen molar-refractivity contribution in [3.05, 3.63) is 47.4 Å². The minimum atomic E-state index is -0.740. The number of anilines is 1. The molecule has 1 aromatic heterocycles. The van der Waals surface area contributed by atoms with Crippen LogP contribution in [0.25, 0.3) is 0 Å². The van der Waals surface area contributed by atoms with E-state index in [1.807, 2.05) is 6.07 Å². The molecule has 2 rings (SSSR count). The van der Waals surface area contributed by atoms with Crippen LogP contribution in [0.15, 0.2) is 30.3 Å². The molecule has 0 spiro atoms. The lowest BCUT2D eigenvalue weighted by molar-refractivity contribution is -0.136. The Morgan fingerprint density at radius 1 is 1.29 bits per heavy atom. The number of rotatable bonds is 5. The predicted octanol–water partition coefficient (Wildman–Crippen LogP) is 1.94. The topological polar surface area (TPSA) is 76.0 Å². The summed E-state index contributed by atoms with van der Waals surface area (Å²) in [4.78, 5) is 23.8. The Bertz CT molecular complexity index is 742. The van der Waals surface area contributed by atoms with Crippen molar-refractivity contribution < 1.29 is 14.0 Å². The first kappa shape index (κ1) is 17.7. The Kier molecular flexibility index (Phi) is 5.68. The zero-order valence-electron chi connectivity index (χ0n) is 14.0. The van der Waals surface area contributed by atoms with Gasteiger partial charge in [0.25, 0.3) is 0 Å². The Hall–Kier alpha value is -2.70. The summed E-state index contributed by atoms with van der Waals surface area (Å²) in [6.45, 7) is 3.60. The summed E-state index contributed by atoms with van der Waals surface area (Å²) in [6, 6.07) is 7.80. The van der Waals surface area contributed by atoms with Gasteiger partial charge in [0.05, 0.1) is 5.69 Å². The third-order valence-corrected chi connectivity index (χ3v) is 3.58. The quantitative estimate of drug-likeness (QED) is 0.822. The number of nitrogens with one attached hydrogen (secondary N) is 2. The van der Waals surface area contributed by atoms with Crippen molar-refractivity contribution >= 4 is 17.6 Å². The molecule has 2 N–H and O–H groups in total. The van der Waals surface area contributed by atoms with Crippen LogP contribution < -0.4 is 10.6 Å². The van der Waals surface area contributed by atoms with Crippen LogP contribution in [0.5, 0.6) is 0 Å². The van der Waals surface area contributed by atoms with Gasteiger partial charge in [0.2, 0.25) is 0 Å². The van der Waals surface area contributed by atoms with E-state index in [-0.39, 0.29) is 11.9 Å². The highest BCUT2D eigenvalue weighted by molar-refractivity contribution is 6.39. The van der Waals surface area contributed by atoms with Crippen LogP contribution in [-0.2, 0) is 23.1 Å². The molecule has 2 amide bonds. The summed E-state index contributed by atoms with van der Waals surface area (Å²) in [6.07, 6.45) is 1.22. The molecule has 1 atom stereocenters. The average Bonchev–Trinajstić information content (AvgIpc) is 2.83. The summed E-state index contributed by atoms with van der Waals surface area (Å²) in [5.41, 5.74) is 1.60. The predicted molar refractivity (Wildman–Crippen MR) is 88.9 cm³/mol. The minimum Gasteiger partial charge on any atom is -0.345 e. The molecule has 6 nitrogen and oxygen atoms in total. The van der Waals surface area contributed by atoms with Crippen molar-refractivity contribution in [3.8, 4) is 0 Å². The molecule has 0 aliphatic heterocycles. The fraction of sp³-hybridized carbons (Fsp3) is 0.353. The maximum atomic E-state index is 13.1. The molecular formula is C17H21FN4O2. The third kappa shape index (κ3) is 4.91. The molecule has 0 saturated heterocycles. The van der Waals surface area contributed by atoms with Crippen LogP contribution in [0.4, 0.5) is 10.2 Å². The Morgan fingerprint density at radius 2 is 2.04 bits per heavy atom. The number of nitrogens with zero attached hydrogens (tertiary/aromatic N) is 2. The van der Waals surface area contributed by atoms with Crippen molar-refractivity contribution in [1.82, 2.24) is 15.1 Å². The van der Waals surface area contributed by atoms with E-state index in [9.17, 15) is 14.0 Å². The van der Waals surface area contributed by atoms with E-state index in [1.54, 1.807) is 33.0 Å². The highest BCUT2D eigenvalue weighted by atomic mass is 19.1. The maximum Gasteiger partial charge on any atom is 0.314 e. The average molecular weight is 332 g/mol. The van der Waals surface area contributed by atoms with Crippen molar-refractivity contribution in [2.24, 2.45) is 7.05 Å². The largest absolute Gasteiger partial charge is 0.345 e. The second-order valence-corrected chi connectivity index (χ2v) is 5.79. The fourth-order valence-corrected chi connectivity index (χ4v) is 2.34. The van der Waals surface area contributed by atoms with Crippen molar-refractivity contribution in [3.63, 3.8) is 0 Å². The standard InChI is InChI=1S/C17H21FN4O2/c1-11(7-8-13-5-4-6-14(18)10-13)19-16(23)17(24)20-15-9-12(2)21-22(15)3/h4-6,9-11H,7-8H2,1-3H3,(H,19,23)(H,20,24)/t11-/m0/s1. The summed E-state index contributed by atoms with van der Waals surface area (Å²) >= 11 is 0. The van der Waals surface area contributed by atoms with Crippen LogP contribution >= 0.6 is 0 Å². The van der Waals surface area contributed by atoms with Crippen LogP contribution in [0, 0.1) is 12.7 Å². The van der Waals surface area contributed by atoms with Crippen molar-refractivity contribution in [2.45, 2.75) is 32.7 Å². The second-order valence-electron chi connectivity index (χ2n) is 5.79. The molecular weight excluding hydrogens is 311 g/mol. The van der Waals surface area contributed by atoms with Crippen LogP contribution in [0.1, 0.15) is 24.6 Å². The van der Waals surface area contributed by atoms with E-state index in [2.05, 4.69) is 15.7 Å². The van der Waals surface area contributed by atoms with Crippen LogP contribution in [-0.4, -0.2) is 27.6 Å². The molecule has 0 radical (unpaired) electrons. The maximum absolute atomic E-state index is 13.1. The van der Waals surface area contributed by atoms with Gasteiger partial charge in [0.15, 0.2) is 0 Å². The number of hydrogen-bond donors (Lipinski definition) is 2. The highest BCUT2D eigenvalue weighted by Crippen LogP contribution is 2.09. The van der Waals surface area contributed by atoms with Gasteiger partial charge in [-0.3, -0.25) is 14.3 Å². The van der Waals surface area contributed by atoms with Gasteiger partial charge in [0, 0.05) is 19.2 Å². The van der Waals surface area contributed by atoms with Gasteiger partial charge in [0.1, 0.15) is 11.6 Å². The highest BCUT2D eigenvalue weighted by Gasteiger charge is 2.17. The number of carbonyl (C=O) groups excluding carboxylic acids is 2. The molecule has 0 fully saturated rings. The first-order chi connectivity index (χ1) is 11.3. The van der Waals surface area contributed by atoms with E-state index in [4.69, 9.17) is 0 Å². The molecule has 7 heteroatoms. The zero-order valence-corrected chi connectivity index (χ0v) is 14.0. The summed E-state index contributed by atoms with van der Waals surface area (Å²) < 4.78 is 14.6. The molecule has 0 saturated carbocycles. The minimum absolute atomic E-state index is 0.209. The molecule has 0 aliphatic carbocycles. The van der Waals surface area contributed by atoms with Gasteiger partial charge < -0.3 is 10.6 Å². The Morgan fingerprint density at radius 3 is 2.67 bits per heavy atom. The number of halogens is 1. The smallest absolute Gasteiger partial charge is 0.314 e. The van der Waals surface area contributed by atoms with E-state index in [1.165, 1.54) is 16.8 Å². The molecule has 1 heterocycles. The lowest BCUT2D eigenvalue weighted by Gasteiger charge is -2.13. The van der Waals surface area contributed by atoms with E-state index < -0.39 is 11.8 Å². The van der Waals surface area contributed by atoms with Gasteiger partial charge in [-0.2, -0.15) is 5.10 Å². The first-order valence-electron chi connectivity index (χ1n) is 7.72. The molecule has 0 aliphatic rings. The Balaban J connectivity index is 1.82. The lowest BCUT2D eigenvalue weighted by Crippen LogP contribution is -2.41. The van der Waals surface area contributed by atoms with Crippen LogP contribution in [0.2, 0.25) is 0 Å². The number of aryl methyl sites for hydroxylation is 3. The number of amides is 2. The number of carbonyl (C=O) groups is 2. The Labute approximate surface area is 140 Å². The van der Waals surface area contributed by atoms with E-state index >= 15 is 0 Å². The van der Waals surface area contributed by atoms with Gasteiger partial charge in [-0.05, 0) is 44.4 Å². The van der Waals surface area contributed by atoms with Gasteiger partial charge in [-0.1, -0.05) is 12.1 Å². The molecule has 2 aromatic rings. The molecule has 1 aromatic carbocycles. The molecule has 0 unspecified atom stereocenters. The fourth-order valence-electron chi connectivity index (χ4n) is 2.34. The number of benzene rings is 1. The lowest BCUT2D eigenvalue weighted by atomic mass is 10.1. The normalized spacial score (nSPS) is 11.8. The van der Waals surface area contributed by atoms with Crippen molar-refractivity contribution in [1.29, 1.82) is 0 Å². The van der Waals surface area contributed by atoms with Crippen molar-refractivity contribution in [2.75, 3.05) is 5.32 Å². The first-order valence-corrected chi connectivity index (χ1v) is 7.72.